The average molecular weight is 332 g/mol. The van der Waals surface area contributed by atoms with Crippen LogP contribution in [-0.4, -0.2) is 48.6 Å². The third-order valence-corrected chi connectivity index (χ3v) is 4.46. The van der Waals surface area contributed by atoms with E-state index in [1.54, 1.807) is 0 Å². The Morgan fingerprint density at radius 2 is 2.35 bits per heavy atom. The van der Waals surface area contributed by atoms with E-state index < -0.39 is 0 Å². The van der Waals surface area contributed by atoms with Gasteiger partial charge in [0.15, 0.2) is 0 Å². The minimum absolute atomic E-state index is 0.0836. The molecule has 1 aromatic heterocycles. The molecule has 0 saturated carbocycles. The maximum absolute atomic E-state index is 12.3. The van der Waals surface area contributed by atoms with Crippen LogP contribution in [0.15, 0.2) is 24.3 Å². The van der Waals surface area contributed by atoms with E-state index in [0.29, 0.717) is 18.1 Å². The molecule has 6 nitrogen and oxygen atoms in total. The summed E-state index contributed by atoms with van der Waals surface area (Å²) in [5.74, 6) is 0.595. The monoisotopic (exact) mass is 332 g/mol. The Kier molecular flexibility index (Phi) is 4.88. The molecule has 3 rings (SSSR count). The van der Waals surface area contributed by atoms with E-state index in [2.05, 4.69) is 14.7 Å². The number of nitrogens with one attached hydrogen (secondary N) is 1. The van der Waals surface area contributed by atoms with Gasteiger partial charge in [0, 0.05) is 38.4 Å². The number of nitrogens with zero attached hydrogens (tertiary/aromatic N) is 3. The molecule has 1 atom stereocenters. The summed E-state index contributed by atoms with van der Waals surface area (Å²) < 4.78 is 9.82. The smallest absolute Gasteiger partial charge is 0.251 e. The molecule has 2 heterocycles. The predicted octanol–water partition coefficient (Wildman–Crippen LogP) is 2.18. The second-order valence-electron chi connectivity index (χ2n) is 5.72. The van der Waals surface area contributed by atoms with Gasteiger partial charge in [0.1, 0.15) is 5.01 Å². The largest absolute Gasteiger partial charge is 0.376 e. The van der Waals surface area contributed by atoms with E-state index in [0.717, 1.165) is 30.0 Å². The summed E-state index contributed by atoms with van der Waals surface area (Å²) in [7, 11) is 3.81. The molecule has 2 aromatic rings. The van der Waals surface area contributed by atoms with Crippen molar-refractivity contribution >= 4 is 23.4 Å². The first kappa shape index (κ1) is 15.9. The fourth-order valence-corrected chi connectivity index (χ4v) is 3.15. The van der Waals surface area contributed by atoms with Crippen LogP contribution in [0.3, 0.4) is 0 Å². The topological polar surface area (TPSA) is 67.4 Å². The highest BCUT2D eigenvalue weighted by molar-refractivity contribution is 7.09. The van der Waals surface area contributed by atoms with Gasteiger partial charge in [0.2, 0.25) is 5.95 Å². The van der Waals surface area contributed by atoms with Crippen LogP contribution < -0.4 is 10.2 Å². The second kappa shape index (κ2) is 7.06. The molecule has 1 aliphatic heterocycles. The van der Waals surface area contributed by atoms with Crippen LogP contribution in [0.4, 0.5) is 5.95 Å². The molecule has 1 aliphatic rings. The Hall–Kier alpha value is -1.99. The Morgan fingerprint density at radius 1 is 1.48 bits per heavy atom. The molecule has 1 amide bonds. The van der Waals surface area contributed by atoms with Crippen molar-refractivity contribution in [1.29, 1.82) is 0 Å². The van der Waals surface area contributed by atoms with Crippen molar-refractivity contribution in [2.45, 2.75) is 18.9 Å². The van der Waals surface area contributed by atoms with Crippen LogP contribution in [0.25, 0.3) is 10.6 Å². The molecule has 0 bridgehead atoms. The lowest BCUT2D eigenvalue weighted by Gasteiger charge is -2.11. The Morgan fingerprint density at radius 3 is 3.04 bits per heavy atom. The van der Waals surface area contributed by atoms with Crippen LogP contribution >= 0.6 is 11.5 Å². The number of carbonyl (C=O) groups is 1. The Bertz CT molecular complexity index is 680. The fraction of sp³-hybridized carbons (Fsp3) is 0.438. The number of aromatic nitrogens is 2. The first-order valence-electron chi connectivity index (χ1n) is 7.65. The zero-order valence-electron chi connectivity index (χ0n) is 13.3. The summed E-state index contributed by atoms with van der Waals surface area (Å²) in [5.41, 5.74) is 1.53. The lowest BCUT2D eigenvalue weighted by molar-refractivity contribution is 0.0858. The van der Waals surface area contributed by atoms with Gasteiger partial charge in [-0.05, 0) is 36.5 Å². The summed E-state index contributed by atoms with van der Waals surface area (Å²) in [6.07, 6.45) is 2.23. The van der Waals surface area contributed by atoms with E-state index in [-0.39, 0.29) is 12.0 Å². The summed E-state index contributed by atoms with van der Waals surface area (Å²) in [6.45, 7) is 1.36. The number of carbonyl (C=O) groups excluding carboxylic acids is 1. The van der Waals surface area contributed by atoms with Crippen molar-refractivity contribution in [3.63, 3.8) is 0 Å². The fourth-order valence-electron chi connectivity index (χ4n) is 2.42. The van der Waals surface area contributed by atoms with Crippen molar-refractivity contribution in [2.75, 3.05) is 32.1 Å². The summed E-state index contributed by atoms with van der Waals surface area (Å²) in [6, 6.07) is 7.47. The molecule has 0 spiro atoms. The van der Waals surface area contributed by atoms with Gasteiger partial charge in [0.25, 0.3) is 5.91 Å². The van der Waals surface area contributed by atoms with E-state index in [1.165, 1.54) is 11.5 Å². The number of hydrogen-bond acceptors (Lipinski definition) is 6. The summed E-state index contributed by atoms with van der Waals surface area (Å²) in [4.78, 5) is 18.6. The van der Waals surface area contributed by atoms with Crippen LogP contribution in [0, 0.1) is 0 Å². The molecule has 1 saturated heterocycles. The minimum atomic E-state index is -0.0836. The molecule has 0 radical (unpaired) electrons. The molecular weight excluding hydrogens is 312 g/mol. The zero-order valence-corrected chi connectivity index (χ0v) is 14.1. The number of rotatable bonds is 5. The number of hydrogen-bond donors (Lipinski definition) is 1. The maximum atomic E-state index is 12.3. The van der Waals surface area contributed by atoms with Crippen LogP contribution in [-0.2, 0) is 4.74 Å². The van der Waals surface area contributed by atoms with Gasteiger partial charge in [-0.1, -0.05) is 12.1 Å². The highest BCUT2D eigenvalue weighted by Gasteiger charge is 2.17. The first-order chi connectivity index (χ1) is 11.1. The highest BCUT2D eigenvalue weighted by Crippen LogP contribution is 2.24. The van der Waals surface area contributed by atoms with E-state index >= 15 is 0 Å². The van der Waals surface area contributed by atoms with E-state index in [1.807, 2.05) is 43.3 Å². The van der Waals surface area contributed by atoms with Gasteiger partial charge in [0.05, 0.1) is 6.10 Å². The zero-order chi connectivity index (χ0) is 16.2. The lowest BCUT2D eigenvalue weighted by Crippen LogP contribution is -2.31. The quantitative estimate of drug-likeness (QED) is 0.909. The van der Waals surface area contributed by atoms with Crippen molar-refractivity contribution < 1.29 is 9.53 Å². The molecule has 1 N–H and O–H groups in total. The van der Waals surface area contributed by atoms with Crippen LogP contribution in [0.2, 0.25) is 0 Å². The van der Waals surface area contributed by atoms with Crippen molar-refractivity contribution in [3.8, 4) is 10.6 Å². The van der Waals surface area contributed by atoms with Gasteiger partial charge >= 0.3 is 0 Å². The molecule has 1 aromatic carbocycles. The first-order valence-corrected chi connectivity index (χ1v) is 8.42. The molecule has 1 fully saturated rings. The Labute approximate surface area is 139 Å². The molecule has 23 heavy (non-hydrogen) atoms. The van der Waals surface area contributed by atoms with Crippen molar-refractivity contribution in [2.24, 2.45) is 0 Å². The summed E-state index contributed by atoms with van der Waals surface area (Å²) in [5, 5.41) is 3.75. The van der Waals surface area contributed by atoms with Gasteiger partial charge in [-0.15, -0.1) is 0 Å². The third kappa shape index (κ3) is 3.86. The second-order valence-corrected chi connectivity index (χ2v) is 6.47. The minimum Gasteiger partial charge on any atom is -0.376 e. The van der Waals surface area contributed by atoms with Gasteiger partial charge in [-0.2, -0.15) is 9.36 Å². The van der Waals surface area contributed by atoms with Gasteiger partial charge in [-0.3, -0.25) is 4.79 Å². The molecule has 0 aliphatic carbocycles. The summed E-state index contributed by atoms with van der Waals surface area (Å²) >= 11 is 1.33. The number of amides is 1. The molecule has 7 heteroatoms. The predicted molar refractivity (Wildman–Crippen MR) is 91.0 cm³/mol. The Balaban J connectivity index is 1.69. The maximum Gasteiger partial charge on any atom is 0.251 e. The normalized spacial score (nSPS) is 17.2. The van der Waals surface area contributed by atoms with Crippen LogP contribution in [0.1, 0.15) is 23.2 Å². The SMILES string of the molecule is CN(C)c1nsc(-c2cccc(C(=O)NCC3CCCO3)c2)n1. The van der Waals surface area contributed by atoms with E-state index in [4.69, 9.17) is 4.74 Å². The highest BCUT2D eigenvalue weighted by atomic mass is 32.1. The number of anilines is 1. The van der Waals surface area contributed by atoms with Gasteiger partial charge in [-0.25, -0.2) is 0 Å². The third-order valence-electron chi connectivity index (χ3n) is 3.70. The number of benzene rings is 1. The lowest BCUT2D eigenvalue weighted by atomic mass is 10.1. The van der Waals surface area contributed by atoms with Gasteiger partial charge < -0.3 is 15.0 Å². The van der Waals surface area contributed by atoms with Crippen molar-refractivity contribution in [1.82, 2.24) is 14.7 Å². The molecule has 122 valence electrons. The number of ether oxygens (including phenoxy) is 1. The standard InChI is InChI=1S/C16H20N4O2S/c1-20(2)16-18-15(23-19-16)12-6-3-5-11(9-12)14(21)17-10-13-7-4-8-22-13/h3,5-6,9,13H,4,7-8,10H2,1-2H3,(H,17,21). The van der Waals surface area contributed by atoms with E-state index in [9.17, 15) is 4.79 Å². The average Bonchev–Trinajstić information content (AvgIpc) is 3.24. The molecular formula is C16H20N4O2S. The van der Waals surface area contributed by atoms with Crippen molar-refractivity contribution in [3.05, 3.63) is 29.8 Å². The van der Waals surface area contributed by atoms with Crippen LogP contribution in [0.5, 0.6) is 0 Å². The molecule has 1 unspecified atom stereocenters.